The molecule has 1 aromatic heterocycles. The molecule has 0 radical (unpaired) electrons. The number of hydrogen-bond acceptors (Lipinski definition) is 5. The molecule has 4 rings (SSSR count). The summed E-state index contributed by atoms with van der Waals surface area (Å²) in [4.78, 5) is 2.38. The quantitative estimate of drug-likeness (QED) is 0.794. The number of ether oxygens (including phenoxy) is 1. The molecule has 1 aliphatic heterocycles. The maximum atomic E-state index is 5.81. The van der Waals surface area contributed by atoms with Gasteiger partial charge in [0.25, 0.3) is 0 Å². The van der Waals surface area contributed by atoms with Crippen LogP contribution in [0.15, 0.2) is 42.5 Å². The van der Waals surface area contributed by atoms with Crippen LogP contribution in [-0.4, -0.2) is 40.3 Å². The van der Waals surface area contributed by atoms with Crippen LogP contribution in [0.4, 0.5) is 17.1 Å². The Morgan fingerprint density at radius 1 is 1.00 bits per heavy atom. The van der Waals surface area contributed by atoms with Gasteiger partial charge >= 0.3 is 0 Å². The van der Waals surface area contributed by atoms with Gasteiger partial charge in [0, 0.05) is 37.2 Å². The lowest BCUT2D eigenvalue weighted by molar-refractivity contribution is -0.00521. The molecule has 6 nitrogen and oxygen atoms in total. The summed E-state index contributed by atoms with van der Waals surface area (Å²) in [5.41, 5.74) is 5.21. The number of nitrogens with one attached hydrogen (secondary N) is 1. The largest absolute Gasteiger partial charge is 0.372 e. The number of benzene rings is 2. The maximum Gasteiger partial charge on any atom is 0.115 e. The molecule has 6 heteroatoms. The van der Waals surface area contributed by atoms with Crippen LogP contribution in [0.3, 0.4) is 0 Å². The van der Waals surface area contributed by atoms with Crippen LogP contribution in [0.1, 0.15) is 13.8 Å². The summed E-state index contributed by atoms with van der Waals surface area (Å²) in [7, 11) is 1.90. The predicted octanol–water partition coefficient (Wildman–Crippen LogP) is 3.33. The first-order valence-corrected chi connectivity index (χ1v) is 8.65. The number of morpholine rings is 1. The number of hydrogen-bond donors (Lipinski definition) is 1. The highest BCUT2D eigenvalue weighted by molar-refractivity contribution is 5.80. The summed E-state index contributed by atoms with van der Waals surface area (Å²) in [6.45, 7) is 6.11. The van der Waals surface area contributed by atoms with Gasteiger partial charge in [0.2, 0.25) is 0 Å². The van der Waals surface area contributed by atoms with Crippen molar-refractivity contribution in [1.82, 2.24) is 15.0 Å². The number of nitrogens with zero attached hydrogens (tertiary/aromatic N) is 4. The van der Waals surface area contributed by atoms with E-state index in [-0.39, 0.29) is 12.2 Å². The van der Waals surface area contributed by atoms with E-state index in [1.165, 1.54) is 5.69 Å². The van der Waals surface area contributed by atoms with E-state index in [1.807, 2.05) is 25.2 Å². The van der Waals surface area contributed by atoms with Gasteiger partial charge in [-0.1, -0.05) is 5.21 Å². The molecule has 0 amide bonds. The van der Waals surface area contributed by atoms with Crippen molar-refractivity contribution in [3.05, 3.63) is 42.5 Å². The van der Waals surface area contributed by atoms with Crippen molar-refractivity contribution in [2.45, 2.75) is 26.1 Å². The number of aromatic nitrogens is 3. The lowest BCUT2D eigenvalue weighted by Gasteiger charge is -2.36. The average Bonchev–Trinajstić information content (AvgIpc) is 2.95. The first-order chi connectivity index (χ1) is 12.1. The molecule has 0 saturated carbocycles. The van der Waals surface area contributed by atoms with Crippen molar-refractivity contribution in [1.29, 1.82) is 0 Å². The Labute approximate surface area is 147 Å². The van der Waals surface area contributed by atoms with Crippen LogP contribution in [0.25, 0.3) is 11.0 Å². The van der Waals surface area contributed by atoms with Crippen LogP contribution in [0.5, 0.6) is 0 Å². The first kappa shape index (κ1) is 15.9. The zero-order valence-corrected chi connectivity index (χ0v) is 14.8. The molecule has 0 bridgehead atoms. The molecule has 1 fully saturated rings. The maximum absolute atomic E-state index is 5.81. The van der Waals surface area contributed by atoms with Gasteiger partial charge in [-0.15, -0.1) is 5.10 Å². The lowest BCUT2D eigenvalue weighted by atomic mass is 10.2. The Hall–Kier alpha value is -2.60. The van der Waals surface area contributed by atoms with E-state index < -0.39 is 0 Å². The van der Waals surface area contributed by atoms with Crippen LogP contribution in [0.2, 0.25) is 0 Å². The van der Waals surface area contributed by atoms with Crippen LogP contribution in [0, 0.1) is 0 Å². The van der Waals surface area contributed by atoms with E-state index in [0.717, 1.165) is 35.5 Å². The number of fused-ring (bicyclic) bond motifs is 1. The zero-order chi connectivity index (χ0) is 17.4. The van der Waals surface area contributed by atoms with E-state index in [1.54, 1.807) is 4.68 Å². The Morgan fingerprint density at radius 2 is 1.68 bits per heavy atom. The summed E-state index contributed by atoms with van der Waals surface area (Å²) in [5, 5.41) is 11.6. The molecule has 2 heterocycles. The summed E-state index contributed by atoms with van der Waals surface area (Å²) < 4.78 is 7.59. The third kappa shape index (κ3) is 3.30. The fourth-order valence-electron chi connectivity index (χ4n) is 3.43. The molecule has 1 saturated heterocycles. The Kier molecular flexibility index (Phi) is 4.05. The molecular formula is C19H23N5O. The van der Waals surface area contributed by atoms with Crippen molar-refractivity contribution >= 4 is 28.1 Å². The topological polar surface area (TPSA) is 55.2 Å². The van der Waals surface area contributed by atoms with Crippen molar-refractivity contribution in [3.63, 3.8) is 0 Å². The second-order valence-electron chi connectivity index (χ2n) is 6.75. The SMILES string of the molecule is CC1CN(c2ccc(Nc3ccc4c(c3)nnn4C)cc2)CC(C)O1. The molecule has 1 N–H and O–H groups in total. The lowest BCUT2D eigenvalue weighted by Crippen LogP contribution is -2.45. The molecule has 25 heavy (non-hydrogen) atoms. The van der Waals surface area contributed by atoms with Crippen molar-refractivity contribution < 1.29 is 4.74 Å². The highest BCUT2D eigenvalue weighted by Gasteiger charge is 2.22. The van der Waals surface area contributed by atoms with Crippen molar-refractivity contribution in [3.8, 4) is 0 Å². The highest BCUT2D eigenvalue weighted by atomic mass is 16.5. The predicted molar refractivity (Wildman–Crippen MR) is 100 cm³/mol. The van der Waals surface area contributed by atoms with Crippen LogP contribution < -0.4 is 10.2 Å². The molecular weight excluding hydrogens is 314 g/mol. The third-order valence-corrected chi connectivity index (χ3v) is 4.55. The molecule has 0 spiro atoms. The summed E-state index contributed by atoms with van der Waals surface area (Å²) >= 11 is 0. The van der Waals surface area contributed by atoms with Crippen molar-refractivity contribution in [2.24, 2.45) is 7.05 Å². The highest BCUT2D eigenvalue weighted by Crippen LogP contribution is 2.25. The number of anilines is 3. The minimum absolute atomic E-state index is 0.264. The Bertz CT molecular complexity index is 863. The van der Waals surface area contributed by atoms with Gasteiger partial charge in [0.05, 0.1) is 17.7 Å². The minimum atomic E-state index is 0.264. The molecule has 0 aliphatic carbocycles. The molecule has 2 aromatic carbocycles. The number of rotatable bonds is 3. The summed E-state index contributed by atoms with van der Waals surface area (Å²) in [5.74, 6) is 0. The Morgan fingerprint density at radius 3 is 2.40 bits per heavy atom. The van der Waals surface area contributed by atoms with Gasteiger partial charge in [0.15, 0.2) is 0 Å². The van der Waals surface area contributed by atoms with Gasteiger partial charge < -0.3 is 15.0 Å². The fraction of sp³-hybridized carbons (Fsp3) is 0.368. The third-order valence-electron chi connectivity index (χ3n) is 4.55. The van der Waals surface area contributed by atoms with E-state index in [4.69, 9.17) is 4.74 Å². The van der Waals surface area contributed by atoms with Gasteiger partial charge in [0.1, 0.15) is 5.52 Å². The Balaban J connectivity index is 1.49. The summed E-state index contributed by atoms with van der Waals surface area (Å²) in [6, 6.07) is 14.6. The van der Waals surface area contributed by atoms with E-state index >= 15 is 0 Å². The van der Waals surface area contributed by atoms with E-state index in [9.17, 15) is 0 Å². The molecule has 1 aliphatic rings. The second-order valence-corrected chi connectivity index (χ2v) is 6.75. The fourth-order valence-corrected chi connectivity index (χ4v) is 3.43. The smallest absolute Gasteiger partial charge is 0.115 e. The monoisotopic (exact) mass is 337 g/mol. The second kappa shape index (κ2) is 6.37. The van der Waals surface area contributed by atoms with Crippen molar-refractivity contribution in [2.75, 3.05) is 23.3 Å². The molecule has 2 unspecified atom stereocenters. The molecule has 130 valence electrons. The molecule has 3 aromatic rings. The number of aryl methyl sites for hydroxylation is 1. The van der Waals surface area contributed by atoms with Gasteiger partial charge in [-0.05, 0) is 56.3 Å². The first-order valence-electron chi connectivity index (χ1n) is 8.65. The van der Waals surface area contributed by atoms with Gasteiger partial charge in [-0.25, -0.2) is 4.68 Å². The van der Waals surface area contributed by atoms with Crippen LogP contribution in [-0.2, 0) is 11.8 Å². The zero-order valence-electron chi connectivity index (χ0n) is 14.8. The van der Waals surface area contributed by atoms with Crippen LogP contribution >= 0.6 is 0 Å². The van der Waals surface area contributed by atoms with Gasteiger partial charge in [-0.3, -0.25) is 0 Å². The standard InChI is InChI=1S/C19H23N5O/c1-13-11-24(12-14(2)25-13)17-7-4-15(5-8-17)20-16-6-9-19-18(10-16)21-22-23(19)3/h4-10,13-14,20H,11-12H2,1-3H3. The summed E-state index contributed by atoms with van der Waals surface area (Å²) in [6.07, 6.45) is 0.528. The minimum Gasteiger partial charge on any atom is -0.372 e. The molecule has 2 atom stereocenters. The normalized spacial score (nSPS) is 20.8. The average molecular weight is 337 g/mol. The van der Waals surface area contributed by atoms with E-state index in [0.29, 0.717) is 0 Å². The van der Waals surface area contributed by atoms with Gasteiger partial charge in [-0.2, -0.15) is 0 Å². The van der Waals surface area contributed by atoms with E-state index in [2.05, 4.69) is 58.6 Å².